The molecule has 0 fully saturated rings. The van der Waals surface area contributed by atoms with Gasteiger partial charge in [-0.25, -0.2) is 0 Å². The average molecular weight is 251 g/mol. The van der Waals surface area contributed by atoms with E-state index in [1.165, 1.54) is 0 Å². The average Bonchev–Trinajstić information content (AvgIpc) is 2.26. The minimum absolute atomic E-state index is 0.674. The van der Waals surface area contributed by atoms with E-state index in [0.717, 1.165) is 16.8 Å². The number of pyridine rings is 1. The van der Waals surface area contributed by atoms with Crippen LogP contribution in [0.2, 0.25) is 0 Å². The highest BCUT2D eigenvalue weighted by Gasteiger charge is 1.93. The van der Waals surface area contributed by atoms with E-state index in [9.17, 15) is 0 Å². The molecule has 0 spiro atoms. The van der Waals surface area contributed by atoms with Gasteiger partial charge in [0.25, 0.3) is 0 Å². The summed E-state index contributed by atoms with van der Waals surface area (Å²) in [5.41, 5.74) is 2.65. The molecule has 0 aliphatic carbocycles. The first-order valence-electron chi connectivity index (χ1n) is 4.11. The Morgan fingerprint density at radius 1 is 1.43 bits per heavy atom. The molecule has 1 rings (SSSR count). The van der Waals surface area contributed by atoms with Crippen LogP contribution < -0.4 is 0 Å². The van der Waals surface area contributed by atoms with E-state index in [1.54, 1.807) is 18.6 Å². The Hall–Kier alpha value is -1.22. The molecule has 1 heterocycles. The highest BCUT2D eigenvalue weighted by Crippen LogP contribution is 2.08. The molecule has 0 N–H and O–H groups in total. The number of alkyl halides is 1. The number of hydrogen-bond acceptors (Lipinski definition) is 2. The number of halogens is 1. The smallest absolute Gasteiger partial charge is 0.0450 e. The van der Waals surface area contributed by atoms with Crippen molar-refractivity contribution in [1.29, 1.82) is 0 Å². The first kappa shape index (κ1) is 10.9. The van der Waals surface area contributed by atoms with Crippen LogP contribution in [-0.4, -0.2) is 16.5 Å². The zero-order valence-corrected chi connectivity index (χ0v) is 9.37. The summed E-state index contributed by atoms with van der Waals surface area (Å²) in [7, 11) is 0. The fourth-order valence-corrected chi connectivity index (χ4v) is 0.989. The highest BCUT2D eigenvalue weighted by molar-refractivity contribution is 9.09. The molecule has 1 aromatic rings. The lowest BCUT2D eigenvalue weighted by atomic mass is 10.1. The lowest BCUT2D eigenvalue weighted by Gasteiger charge is -1.98. The first-order chi connectivity index (χ1) is 6.74. The molecule has 0 aliphatic rings. The van der Waals surface area contributed by atoms with Crippen LogP contribution >= 0.6 is 15.9 Å². The molecule has 3 heteroatoms. The van der Waals surface area contributed by atoms with Crippen LogP contribution in [0.1, 0.15) is 5.56 Å². The van der Waals surface area contributed by atoms with Gasteiger partial charge in [0.15, 0.2) is 0 Å². The third-order valence-electron chi connectivity index (χ3n) is 1.61. The second-order valence-corrected chi connectivity index (χ2v) is 3.28. The second kappa shape index (κ2) is 5.50. The number of aliphatic imine (C=N–C) groups is 1. The predicted molar refractivity (Wildman–Crippen MR) is 64.7 cm³/mol. The van der Waals surface area contributed by atoms with E-state index in [2.05, 4.69) is 39.1 Å². The van der Waals surface area contributed by atoms with Gasteiger partial charge < -0.3 is 0 Å². The summed E-state index contributed by atoms with van der Waals surface area (Å²) in [6, 6.07) is 3.79. The Labute approximate surface area is 92.2 Å². The van der Waals surface area contributed by atoms with Crippen LogP contribution in [0.5, 0.6) is 0 Å². The lowest BCUT2D eigenvalue weighted by Crippen LogP contribution is -1.85. The van der Waals surface area contributed by atoms with Gasteiger partial charge in [-0.1, -0.05) is 29.1 Å². The fourth-order valence-electron chi connectivity index (χ4n) is 0.844. The second-order valence-electron chi connectivity index (χ2n) is 2.72. The maximum atomic E-state index is 4.13. The van der Waals surface area contributed by atoms with Crippen molar-refractivity contribution in [3.63, 3.8) is 0 Å². The molecule has 0 unspecified atom stereocenters. The molecule has 0 aliphatic heterocycles. The fraction of sp³-hybridized carbons (Fsp3) is 0.0909. The molecular formula is C11H11BrN2. The van der Waals surface area contributed by atoms with Gasteiger partial charge in [-0.05, 0) is 23.3 Å². The summed E-state index contributed by atoms with van der Waals surface area (Å²) in [4.78, 5) is 8.06. The van der Waals surface area contributed by atoms with Crippen molar-refractivity contribution in [2.45, 2.75) is 0 Å². The minimum atomic E-state index is 0.674. The summed E-state index contributed by atoms with van der Waals surface area (Å²) in [6.07, 6.45) is 5.17. The molecule has 0 aromatic carbocycles. The van der Waals surface area contributed by atoms with E-state index >= 15 is 0 Å². The van der Waals surface area contributed by atoms with Gasteiger partial charge in [0.1, 0.15) is 0 Å². The van der Waals surface area contributed by atoms with Crippen LogP contribution in [-0.2, 0) is 0 Å². The van der Waals surface area contributed by atoms with Crippen molar-refractivity contribution < 1.29 is 0 Å². The Morgan fingerprint density at radius 2 is 2.07 bits per heavy atom. The zero-order valence-electron chi connectivity index (χ0n) is 7.78. The van der Waals surface area contributed by atoms with Crippen LogP contribution in [0.3, 0.4) is 0 Å². The third-order valence-corrected chi connectivity index (χ3v) is 2.26. The number of allylic oxidation sites excluding steroid dienone is 2. The molecule has 0 saturated carbocycles. The normalized spacial score (nSPS) is 10.4. The zero-order chi connectivity index (χ0) is 10.4. The van der Waals surface area contributed by atoms with E-state index in [0.29, 0.717) is 5.33 Å². The van der Waals surface area contributed by atoms with Gasteiger partial charge in [-0.15, -0.1) is 0 Å². The quantitative estimate of drug-likeness (QED) is 0.596. The highest BCUT2D eigenvalue weighted by atomic mass is 79.9. The lowest BCUT2D eigenvalue weighted by molar-refractivity contribution is 1.32. The third kappa shape index (κ3) is 3.26. The first-order valence-corrected chi connectivity index (χ1v) is 5.23. The van der Waals surface area contributed by atoms with E-state index in [4.69, 9.17) is 0 Å². The molecule has 72 valence electrons. The number of hydrogen-bond donors (Lipinski definition) is 0. The Bertz CT molecular complexity index is 355. The number of nitrogens with zero attached hydrogens (tertiary/aromatic N) is 2. The predicted octanol–water partition coefficient (Wildman–Crippen LogP) is 3.07. The van der Waals surface area contributed by atoms with Crippen molar-refractivity contribution in [3.8, 4) is 0 Å². The molecule has 14 heavy (non-hydrogen) atoms. The summed E-state index contributed by atoms with van der Waals surface area (Å²) in [5.74, 6) is 0. The molecule has 0 radical (unpaired) electrons. The Balaban J connectivity index is 2.69. The van der Waals surface area contributed by atoms with E-state index in [-0.39, 0.29) is 0 Å². The number of aromatic nitrogens is 1. The topological polar surface area (TPSA) is 25.2 Å². The van der Waals surface area contributed by atoms with Crippen molar-refractivity contribution in [2.75, 3.05) is 5.33 Å². The van der Waals surface area contributed by atoms with Gasteiger partial charge in [-0.3, -0.25) is 9.98 Å². The van der Waals surface area contributed by atoms with Crippen molar-refractivity contribution in [1.82, 2.24) is 4.98 Å². The maximum absolute atomic E-state index is 4.13. The summed E-state index contributed by atoms with van der Waals surface area (Å²) in [5, 5.41) is 0.674. The largest absolute Gasteiger partial charge is 0.265 e. The monoisotopic (exact) mass is 250 g/mol. The molecule has 0 saturated heterocycles. The van der Waals surface area contributed by atoms with Gasteiger partial charge >= 0.3 is 0 Å². The van der Waals surface area contributed by atoms with Gasteiger partial charge in [0, 0.05) is 29.6 Å². The minimum Gasteiger partial charge on any atom is -0.265 e. The molecular weight excluding hydrogens is 240 g/mol. The summed E-state index contributed by atoms with van der Waals surface area (Å²) < 4.78 is 0. The molecule has 0 atom stereocenters. The van der Waals surface area contributed by atoms with Crippen LogP contribution in [0, 0.1) is 0 Å². The standard InChI is InChI=1S/C11H11BrN2/c1-9(8-14-10(2)7-12)11-3-5-13-6-4-11/h3-6,8H,1-2,7H2/b14-8-. The van der Waals surface area contributed by atoms with Crippen molar-refractivity contribution in [3.05, 3.63) is 48.9 Å². The summed E-state index contributed by atoms with van der Waals surface area (Å²) >= 11 is 3.27. The van der Waals surface area contributed by atoms with Crippen molar-refractivity contribution >= 4 is 27.7 Å². The summed E-state index contributed by atoms with van der Waals surface area (Å²) in [6.45, 7) is 7.64. The SMILES string of the molecule is C=C(CBr)/N=C\C(=C)c1ccncc1. The Kier molecular flexibility index (Phi) is 4.26. The van der Waals surface area contributed by atoms with Gasteiger partial charge in [-0.2, -0.15) is 0 Å². The van der Waals surface area contributed by atoms with E-state index < -0.39 is 0 Å². The molecule has 2 nitrogen and oxygen atoms in total. The maximum Gasteiger partial charge on any atom is 0.0450 e. The van der Waals surface area contributed by atoms with Crippen LogP contribution in [0.4, 0.5) is 0 Å². The molecule has 0 amide bonds. The van der Waals surface area contributed by atoms with Crippen LogP contribution in [0.25, 0.3) is 5.57 Å². The number of rotatable bonds is 4. The Morgan fingerprint density at radius 3 is 2.64 bits per heavy atom. The van der Waals surface area contributed by atoms with E-state index in [1.807, 2.05) is 12.1 Å². The molecule has 1 aromatic heterocycles. The van der Waals surface area contributed by atoms with Crippen LogP contribution in [0.15, 0.2) is 48.4 Å². The van der Waals surface area contributed by atoms with Crippen molar-refractivity contribution in [2.24, 2.45) is 4.99 Å². The van der Waals surface area contributed by atoms with Gasteiger partial charge in [0.05, 0.1) is 0 Å². The van der Waals surface area contributed by atoms with Gasteiger partial charge in [0.2, 0.25) is 0 Å². The molecule has 0 bridgehead atoms.